The Morgan fingerprint density at radius 1 is 1.06 bits per heavy atom. The third kappa shape index (κ3) is 7.05. The van der Waals surface area contributed by atoms with Crippen LogP contribution in [0.5, 0.6) is 0 Å². The average molecular weight is 240 g/mol. The fourth-order valence-electron chi connectivity index (χ4n) is 2.80. The van der Waals surface area contributed by atoms with Crippen molar-refractivity contribution < 1.29 is 0 Å². The lowest BCUT2D eigenvalue weighted by Gasteiger charge is -2.16. The van der Waals surface area contributed by atoms with E-state index in [4.69, 9.17) is 0 Å². The van der Waals surface area contributed by atoms with Gasteiger partial charge in [-0.25, -0.2) is 0 Å². The zero-order valence-electron chi connectivity index (χ0n) is 12.0. The van der Waals surface area contributed by atoms with Gasteiger partial charge in [0.15, 0.2) is 0 Å². The molecule has 1 unspecified atom stereocenters. The van der Waals surface area contributed by atoms with Crippen molar-refractivity contribution >= 4 is 0 Å². The van der Waals surface area contributed by atoms with E-state index >= 15 is 0 Å². The van der Waals surface area contributed by atoms with E-state index < -0.39 is 0 Å². The SMILES string of the molecule is CCCCCCNCCN1CCC(CCC)C1. The van der Waals surface area contributed by atoms with E-state index in [0.717, 1.165) is 5.92 Å². The first kappa shape index (κ1) is 15.0. The Morgan fingerprint density at radius 2 is 1.94 bits per heavy atom. The predicted octanol–water partition coefficient (Wildman–Crippen LogP) is 3.28. The molecule has 0 bridgehead atoms. The molecule has 0 spiro atoms. The lowest BCUT2D eigenvalue weighted by Crippen LogP contribution is -2.31. The van der Waals surface area contributed by atoms with Crippen molar-refractivity contribution in [2.45, 2.75) is 58.8 Å². The zero-order valence-corrected chi connectivity index (χ0v) is 12.0. The second kappa shape index (κ2) is 9.90. The van der Waals surface area contributed by atoms with Gasteiger partial charge in [-0.3, -0.25) is 0 Å². The molecule has 2 heteroatoms. The Balaban J connectivity index is 1.87. The molecule has 0 amide bonds. The van der Waals surface area contributed by atoms with Gasteiger partial charge < -0.3 is 10.2 Å². The van der Waals surface area contributed by atoms with Crippen LogP contribution < -0.4 is 5.32 Å². The van der Waals surface area contributed by atoms with E-state index in [9.17, 15) is 0 Å². The summed E-state index contributed by atoms with van der Waals surface area (Å²) < 4.78 is 0. The smallest absolute Gasteiger partial charge is 0.0107 e. The van der Waals surface area contributed by atoms with E-state index in [0.29, 0.717) is 0 Å². The van der Waals surface area contributed by atoms with Gasteiger partial charge in [0.25, 0.3) is 0 Å². The molecule has 17 heavy (non-hydrogen) atoms. The van der Waals surface area contributed by atoms with E-state index in [1.54, 1.807) is 0 Å². The molecule has 1 aliphatic heterocycles. The van der Waals surface area contributed by atoms with Crippen LogP contribution in [0.1, 0.15) is 58.8 Å². The van der Waals surface area contributed by atoms with E-state index in [2.05, 4.69) is 24.1 Å². The number of nitrogens with one attached hydrogen (secondary N) is 1. The van der Waals surface area contributed by atoms with Gasteiger partial charge in [0.05, 0.1) is 0 Å². The fourth-order valence-corrected chi connectivity index (χ4v) is 2.80. The summed E-state index contributed by atoms with van der Waals surface area (Å²) >= 11 is 0. The molecule has 0 aliphatic carbocycles. The number of nitrogens with zero attached hydrogens (tertiary/aromatic N) is 1. The first-order valence-electron chi connectivity index (χ1n) is 7.79. The minimum absolute atomic E-state index is 0.990. The van der Waals surface area contributed by atoms with Crippen LogP contribution >= 0.6 is 0 Å². The summed E-state index contributed by atoms with van der Waals surface area (Å²) in [5.41, 5.74) is 0. The third-order valence-corrected chi connectivity index (χ3v) is 3.88. The summed E-state index contributed by atoms with van der Waals surface area (Å²) in [7, 11) is 0. The Labute approximate surface area is 108 Å². The summed E-state index contributed by atoms with van der Waals surface area (Å²) in [6.45, 7) is 10.9. The molecule has 1 heterocycles. The fraction of sp³-hybridized carbons (Fsp3) is 1.00. The van der Waals surface area contributed by atoms with Crippen molar-refractivity contribution in [3.05, 3.63) is 0 Å². The first-order chi connectivity index (χ1) is 8.36. The minimum atomic E-state index is 0.990. The lowest BCUT2D eigenvalue weighted by atomic mass is 10.0. The second-order valence-electron chi connectivity index (χ2n) is 5.55. The number of likely N-dealkylation sites (tertiary alicyclic amines) is 1. The van der Waals surface area contributed by atoms with E-state index in [1.807, 2.05) is 0 Å². The van der Waals surface area contributed by atoms with Crippen LogP contribution in [-0.2, 0) is 0 Å². The lowest BCUT2D eigenvalue weighted by molar-refractivity contribution is 0.318. The molecule has 1 atom stereocenters. The largest absolute Gasteiger partial charge is 0.315 e. The Bertz CT molecular complexity index is 170. The summed E-state index contributed by atoms with van der Waals surface area (Å²) in [6.07, 6.45) is 9.71. The molecular formula is C15H32N2. The number of unbranched alkanes of at least 4 members (excludes halogenated alkanes) is 3. The quantitative estimate of drug-likeness (QED) is 0.590. The standard InChI is InChI=1S/C15H32N2/c1-3-5-6-7-10-16-11-13-17-12-9-15(14-17)8-4-2/h15-16H,3-14H2,1-2H3. The molecule has 1 saturated heterocycles. The summed E-state index contributed by atoms with van der Waals surface area (Å²) in [5.74, 6) is 0.990. The van der Waals surface area contributed by atoms with Crippen molar-refractivity contribution in [2.75, 3.05) is 32.7 Å². The second-order valence-corrected chi connectivity index (χ2v) is 5.55. The van der Waals surface area contributed by atoms with Gasteiger partial charge in [0, 0.05) is 19.6 Å². The van der Waals surface area contributed by atoms with Gasteiger partial charge in [-0.05, 0) is 38.3 Å². The van der Waals surface area contributed by atoms with Crippen LogP contribution in [0.2, 0.25) is 0 Å². The van der Waals surface area contributed by atoms with Crippen LogP contribution in [0.15, 0.2) is 0 Å². The third-order valence-electron chi connectivity index (χ3n) is 3.88. The molecule has 0 saturated carbocycles. The van der Waals surface area contributed by atoms with Gasteiger partial charge in [-0.15, -0.1) is 0 Å². The molecule has 1 aliphatic rings. The van der Waals surface area contributed by atoms with E-state index in [1.165, 1.54) is 77.7 Å². The summed E-state index contributed by atoms with van der Waals surface area (Å²) in [4.78, 5) is 2.64. The highest BCUT2D eigenvalue weighted by Crippen LogP contribution is 2.19. The molecular weight excluding hydrogens is 208 g/mol. The van der Waals surface area contributed by atoms with Crippen molar-refractivity contribution in [1.82, 2.24) is 10.2 Å². The van der Waals surface area contributed by atoms with Crippen molar-refractivity contribution in [1.29, 1.82) is 0 Å². The van der Waals surface area contributed by atoms with E-state index in [-0.39, 0.29) is 0 Å². The topological polar surface area (TPSA) is 15.3 Å². The molecule has 0 radical (unpaired) electrons. The Kier molecular flexibility index (Phi) is 8.72. The molecule has 0 aromatic carbocycles. The molecule has 1 N–H and O–H groups in total. The summed E-state index contributed by atoms with van der Waals surface area (Å²) in [6, 6.07) is 0. The first-order valence-corrected chi connectivity index (χ1v) is 7.79. The molecule has 102 valence electrons. The highest BCUT2D eigenvalue weighted by Gasteiger charge is 2.20. The maximum absolute atomic E-state index is 3.58. The highest BCUT2D eigenvalue weighted by atomic mass is 15.2. The van der Waals surface area contributed by atoms with Crippen LogP contribution in [0.25, 0.3) is 0 Å². The van der Waals surface area contributed by atoms with Crippen molar-refractivity contribution in [3.63, 3.8) is 0 Å². The molecule has 1 rings (SSSR count). The summed E-state index contributed by atoms with van der Waals surface area (Å²) in [5, 5.41) is 3.58. The Morgan fingerprint density at radius 3 is 2.71 bits per heavy atom. The average Bonchev–Trinajstić information content (AvgIpc) is 2.76. The minimum Gasteiger partial charge on any atom is -0.315 e. The zero-order chi connectivity index (χ0) is 12.3. The van der Waals surface area contributed by atoms with Crippen LogP contribution in [0.4, 0.5) is 0 Å². The highest BCUT2D eigenvalue weighted by molar-refractivity contribution is 4.75. The van der Waals surface area contributed by atoms with Crippen LogP contribution in [-0.4, -0.2) is 37.6 Å². The number of rotatable bonds is 10. The normalized spacial score (nSPS) is 21.2. The van der Waals surface area contributed by atoms with Crippen molar-refractivity contribution in [2.24, 2.45) is 5.92 Å². The molecule has 2 nitrogen and oxygen atoms in total. The Hall–Kier alpha value is -0.0800. The van der Waals surface area contributed by atoms with Gasteiger partial charge >= 0.3 is 0 Å². The molecule has 0 aromatic rings. The molecule has 0 aromatic heterocycles. The molecule has 1 fully saturated rings. The van der Waals surface area contributed by atoms with Gasteiger partial charge in [-0.1, -0.05) is 39.5 Å². The van der Waals surface area contributed by atoms with Crippen LogP contribution in [0, 0.1) is 5.92 Å². The number of hydrogen-bond acceptors (Lipinski definition) is 2. The monoisotopic (exact) mass is 240 g/mol. The van der Waals surface area contributed by atoms with Crippen LogP contribution in [0.3, 0.4) is 0 Å². The predicted molar refractivity (Wildman–Crippen MR) is 76.5 cm³/mol. The number of hydrogen-bond donors (Lipinski definition) is 1. The van der Waals surface area contributed by atoms with Gasteiger partial charge in [0.1, 0.15) is 0 Å². The maximum Gasteiger partial charge on any atom is 0.0107 e. The van der Waals surface area contributed by atoms with Gasteiger partial charge in [-0.2, -0.15) is 0 Å². The van der Waals surface area contributed by atoms with Gasteiger partial charge in [0.2, 0.25) is 0 Å². The van der Waals surface area contributed by atoms with Crippen molar-refractivity contribution in [3.8, 4) is 0 Å². The maximum atomic E-state index is 3.58.